The maximum atomic E-state index is 12.8. The lowest BCUT2D eigenvalue weighted by Gasteiger charge is -2.15. The van der Waals surface area contributed by atoms with Crippen LogP contribution in [0.4, 0.5) is 4.39 Å². The molecule has 4 heteroatoms. The predicted octanol–water partition coefficient (Wildman–Crippen LogP) is 2.23. The van der Waals surface area contributed by atoms with Crippen molar-refractivity contribution in [1.82, 2.24) is 10.4 Å². The van der Waals surface area contributed by atoms with Crippen LogP contribution in [0.5, 0.6) is 0 Å². The molecular weight excluding hydrogens is 241 g/mol. The Labute approximate surface area is 112 Å². The van der Waals surface area contributed by atoms with Crippen molar-refractivity contribution in [3.63, 3.8) is 0 Å². The number of aryl methyl sites for hydroxylation is 1. The van der Waals surface area contributed by atoms with E-state index in [1.54, 1.807) is 18.3 Å². The van der Waals surface area contributed by atoms with Crippen molar-refractivity contribution in [2.24, 2.45) is 5.84 Å². The number of hydrogen-bond donors (Lipinski definition) is 2. The highest BCUT2D eigenvalue weighted by molar-refractivity contribution is 5.17. The quantitative estimate of drug-likeness (QED) is 0.618. The van der Waals surface area contributed by atoms with E-state index in [4.69, 9.17) is 5.84 Å². The van der Waals surface area contributed by atoms with Gasteiger partial charge in [-0.2, -0.15) is 0 Å². The summed E-state index contributed by atoms with van der Waals surface area (Å²) in [5, 5.41) is 0. The van der Waals surface area contributed by atoms with Gasteiger partial charge in [-0.15, -0.1) is 0 Å². The summed E-state index contributed by atoms with van der Waals surface area (Å²) >= 11 is 0. The van der Waals surface area contributed by atoms with Gasteiger partial charge < -0.3 is 0 Å². The number of nitrogens with zero attached hydrogens (tertiary/aromatic N) is 1. The van der Waals surface area contributed by atoms with E-state index in [0.717, 1.165) is 24.8 Å². The molecule has 0 spiro atoms. The van der Waals surface area contributed by atoms with Crippen LogP contribution < -0.4 is 11.3 Å². The van der Waals surface area contributed by atoms with Gasteiger partial charge in [0.2, 0.25) is 0 Å². The van der Waals surface area contributed by atoms with Crippen LogP contribution in [0.25, 0.3) is 0 Å². The van der Waals surface area contributed by atoms with Gasteiger partial charge in [0.25, 0.3) is 0 Å². The van der Waals surface area contributed by atoms with E-state index in [-0.39, 0.29) is 11.9 Å². The molecule has 0 bridgehead atoms. The van der Waals surface area contributed by atoms with E-state index in [1.165, 1.54) is 17.7 Å². The Kier molecular flexibility index (Phi) is 5.01. The fraction of sp³-hybridized carbons (Fsp3) is 0.267. The Morgan fingerprint density at radius 2 is 1.95 bits per heavy atom. The summed E-state index contributed by atoms with van der Waals surface area (Å²) in [5.74, 6) is 5.36. The van der Waals surface area contributed by atoms with Crippen LogP contribution >= 0.6 is 0 Å². The number of pyridine rings is 1. The zero-order valence-electron chi connectivity index (χ0n) is 10.7. The molecule has 1 aromatic heterocycles. The summed E-state index contributed by atoms with van der Waals surface area (Å²) in [6, 6.07) is 10.7. The highest BCUT2D eigenvalue weighted by Crippen LogP contribution is 2.10. The molecule has 0 aliphatic carbocycles. The van der Waals surface area contributed by atoms with Crippen molar-refractivity contribution in [2.45, 2.75) is 25.3 Å². The maximum Gasteiger partial charge on any atom is 0.123 e. The van der Waals surface area contributed by atoms with Crippen molar-refractivity contribution in [2.75, 3.05) is 0 Å². The molecule has 0 saturated heterocycles. The molecule has 3 nitrogen and oxygen atoms in total. The van der Waals surface area contributed by atoms with E-state index < -0.39 is 0 Å². The molecule has 1 atom stereocenters. The topological polar surface area (TPSA) is 50.9 Å². The second kappa shape index (κ2) is 6.97. The first-order chi connectivity index (χ1) is 9.28. The first-order valence-corrected chi connectivity index (χ1v) is 6.37. The van der Waals surface area contributed by atoms with Crippen molar-refractivity contribution in [1.29, 1.82) is 0 Å². The minimum Gasteiger partial charge on any atom is -0.271 e. The van der Waals surface area contributed by atoms with Crippen molar-refractivity contribution < 1.29 is 4.39 Å². The van der Waals surface area contributed by atoms with Crippen molar-refractivity contribution in [3.05, 3.63) is 65.7 Å². The highest BCUT2D eigenvalue weighted by atomic mass is 19.1. The van der Waals surface area contributed by atoms with Crippen molar-refractivity contribution >= 4 is 0 Å². The monoisotopic (exact) mass is 259 g/mol. The molecule has 0 fully saturated rings. The van der Waals surface area contributed by atoms with Gasteiger partial charge in [0.1, 0.15) is 5.82 Å². The van der Waals surface area contributed by atoms with E-state index >= 15 is 0 Å². The Balaban J connectivity index is 1.88. The summed E-state index contributed by atoms with van der Waals surface area (Å²) in [6.45, 7) is 0. The molecule has 0 aliphatic rings. The number of hydrazine groups is 1. The lowest BCUT2D eigenvalue weighted by Crippen LogP contribution is -2.37. The van der Waals surface area contributed by atoms with Crippen molar-refractivity contribution in [3.8, 4) is 0 Å². The fourth-order valence-corrected chi connectivity index (χ4v) is 2.04. The average molecular weight is 259 g/mol. The molecule has 0 amide bonds. The number of halogens is 1. The van der Waals surface area contributed by atoms with E-state index in [0.29, 0.717) is 0 Å². The molecule has 3 N–H and O–H groups in total. The lowest BCUT2D eigenvalue weighted by atomic mass is 10.0. The zero-order valence-corrected chi connectivity index (χ0v) is 10.7. The first kappa shape index (κ1) is 13.6. The summed E-state index contributed by atoms with van der Waals surface area (Å²) in [4.78, 5) is 4.09. The van der Waals surface area contributed by atoms with E-state index in [1.807, 2.05) is 12.3 Å². The summed E-state index contributed by atoms with van der Waals surface area (Å²) in [5.41, 5.74) is 5.10. The molecule has 2 aromatic rings. The minimum atomic E-state index is -0.212. The summed E-state index contributed by atoms with van der Waals surface area (Å²) < 4.78 is 12.8. The largest absolute Gasteiger partial charge is 0.271 e. The predicted molar refractivity (Wildman–Crippen MR) is 73.8 cm³/mol. The van der Waals surface area contributed by atoms with Crippen LogP contribution in [-0.2, 0) is 12.8 Å². The third-order valence-electron chi connectivity index (χ3n) is 3.14. The molecule has 0 radical (unpaired) electrons. The van der Waals surface area contributed by atoms with E-state index in [2.05, 4.69) is 16.5 Å². The van der Waals surface area contributed by atoms with E-state index in [9.17, 15) is 4.39 Å². The fourth-order valence-electron chi connectivity index (χ4n) is 2.04. The molecule has 1 heterocycles. The van der Waals surface area contributed by atoms with Crippen LogP contribution in [0.15, 0.2) is 48.8 Å². The number of benzene rings is 1. The first-order valence-electron chi connectivity index (χ1n) is 6.37. The van der Waals surface area contributed by atoms with Gasteiger partial charge in [-0.3, -0.25) is 16.3 Å². The lowest BCUT2D eigenvalue weighted by molar-refractivity contribution is 0.491. The Bertz CT molecular complexity index is 485. The highest BCUT2D eigenvalue weighted by Gasteiger charge is 2.08. The standard InChI is InChI=1S/C15H18FN3/c16-14-6-3-12(4-7-14)10-15(19-17)8-5-13-2-1-9-18-11-13/h1-4,6-7,9,11,15,19H,5,8,10,17H2. The summed E-state index contributed by atoms with van der Waals surface area (Å²) in [6.07, 6.45) is 6.26. The Hall–Kier alpha value is -1.78. The normalized spacial score (nSPS) is 12.3. The van der Waals surface area contributed by atoms with Gasteiger partial charge in [-0.1, -0.05) is 18.2 Å². The third-order valence-corrected chi connectivity index (χ3v) is 3.14. The molecule has 0 saturated carbocycles. The van der Waals surface area contributed by atoms with Gasteiger partial charge in [-0.25, -0.2) is 4.39 Å². The van der Waals surface area contributed by atoms with Crippen LogP contribution in [0.1, 0.15) is 17.5 Å². The Morgan fingerprint density at radius 1 is 1.16 bits per heavy atom. The maximum absolute atomic E-state index is 12.8. The molecule has 1 aromatic carbocycles. The second-order valence-electron chi connectivity index (χ2n) is 4.59. The second-order valence-corrected chi connectivity index (χ2v) is 4.59. The SMILES string of the molecule is NNC(CCc1cccnc1)Cc1ccc(F)cc1. The van der Waals surface area contributed by atoms with Gasteiger partial charge in [-0.05, 0) is 48.6 Å². The van der Waals surface area contributed by atoms with Gasteiger partial charge in [0.15, 0.2) is 0 Å². The molecule has 19 heavy (non-hydrogen) atoms. The van der Waals surface area contributed by atoms with Crippen LogP contribution in [0.3, 0.4) is 0 Å². The minimum absolute atomic E-state index is 0.172. The average Bonchev–Trinajstić information content (AvgIpc) is 2.46. The third kappa shape index (κ3) is 4.43. The van der Waals surface area contributed by atoms with Gasteiger partial charge in [0.05, 0.1) is 0 Å². The van der Waals surface area contributed by atoms with Gasteiger partial charge >= 0.3 is 0 Å². The molecule has 2 rings (SSSR count). The number of hydrogen-bond acceptors (Lipinski definition) is 3. The molecule has 0 aliphatic heterocycles. The number of nitrogens with two attached hydrogens (primary N) is 1. The number of aromatic nitrogens is 1. The zero-order chi connectivity index (χ0) is 13.5. The Morgan fingerprint density at radius 3 is 2.58 bits per heavy atom. The number of rotatable bonds is 6. The van der Waals surface area contributed by atoms with Crippen LogP contribution in [0, 0.1) is 5.82 Å². The van der Waals surface area contributed by atoms with Gasteiger partial charge in [0, 0.05) is 18.4 Å². The molecular formula is C15H18FN3. The van der Waals surface area contributed by atoms with Crippen LogP contribution in [-0.4, -0.2) is 11.0 Å². The molecule has 1 unspecified atom stereocenters. The van der Waals surface area contributed by atoms with Crippen LogP contribution in [0.2, 0.25) is 0 Å². The molecule has 100 valence electrons. The smallest absolute Gasteiger partial charge is 0.123 e. The number of nitrogens with one attached hydrogen (secondary N) is 1. The summed E-state index contributed by atoms with van der Waals surface area (Å²) in [7, 11) is 0.